The van der Waals surface area contributed by atoms with E-state index in [4.69, 9.17) is 5.73 Å². The summed E-state index contributed by atoms with van der Waals surface area (Å²) in [5, 5.41) is 10.0. The van der Waals surface area contributed by atoms with Crippen LogP contribution < -0.4 is 5.73 Å². The first-order valence-electron chi connectivity index (χ1n) is 9.23. The summed E-state index contributed by atoms with van der Waals surface area (Å²) in [6.45, 7) is 4.60. The lowest BCUT2D eigenvalue weighted by Crippen LogP contribution is -2.50. The molecule has 0 aromatic carbocycles. The Kier molecular flexibility index (Phi) is 3.32. The highest BCUT2D eigenvalue weighted by molar-refractivity contribution is 6.02. The summed E-state index contributed by atoms with van der Waals surface area (Å²) in [6, 6.07) is 0. The van der Waals surface area contributed by atoms with E-state index in [0.29, 0.717) is 23.5 Å². The van der Waals surface area contributed by atoms with E-state index in [2.05, 4.69) is 19.9 Å². The van der Waals surface area contributed by atoms with E-state index in [9.17, 15) is 9.90 Å². The van der Waals surface area contributed by atoms with Crippen molar-refractivity contribution >= 4 is 5.78 Å². The second-order valence-corrected chi connectivity index (χ2v) is 8.84. The maximum absolute atomic E-state index is 12.8. The first-order valence-corrected chi connectivity index (χ1v) is 9.23. The number of fused-ring (bicyclic) bond motifs is 5. The molecule has 0 heterocycles. The van der Waals surface area contributed by atoms with E-state index in [0.717, 1.165) is 50.5 Å². The van der Waals surface area contributed by atoms with Crippen molar-refractivity contribution in [3.8, 4) is 0 Å². The van der Waals surface area contributed by atoms with E-state index in [1.165, 1.54) is 5.57 Å². The number of rotatable bonds is 0. The van der Waals surface area contributed by atoms with Crippen LogP contribution in [0, 0.1) is 28.6 Å². The van der Waals surface area contributed by atoms with E-state index >= 15 is 0 Å². The molecular formula is C20H29NO2. The van der Waals surface area contributed by atoms with Crippen LogP contribution in [0.1, 0.15) is 58.8 Å². The number of aliphatic hydroxyl groups excluding tert-OH is 1. The molecule has 3 saturated carbocycles. The maximum atomic E-state index is 12.8. The quantitative estimate of drug-likeness (QED) is 0.532. The predicted octanol–water partition coefficient (Wildman–Crippen LogP) is 3.33. The van der Waals surface area contributed by atoms with E-state index in [1.54, 1.807) is 6.20 Å². The summed E-state index contributed by atoms with van der Waals surface area (Å²) in [7, 11) is 0. The number of hydrogen-bond donors (Lipinski definition) is 2. The molecule has 0 saturated heterocycles. The summed E-state index contributed by atoms with van der Waals surface area (Å²) < 4.78 is 0. The average Bonchev–Trinajstić information content (AvgIpc) is 2.79. The van der Waals surface area contributed by atoms with E-state index in [-0.39, 0.29) is 16.9 Å². The van der Waals surface area contributed by atoms with Crippen molar-refractivity contribution in [1.29, 1.82) is 0 Å². The molecule has 3 N–H and O–H groups in total. The Labute approximate surface area is 139 Å². The molecule has 4 aliphatic carbocycles. The molecule has 3 heteroatoms. The second-order valence-electron chi connectivity index (χ2n) is 8.84. The maximum Gasteiger partial charge on any atom is 0.166 e. The Hall–Kier alpha value is -1.09. The monoisotopic (exact) mass is 315 g/mol. The van der Waals surface area contributed by atoms with Crippen molar-refractivity contribution < 1.29 is 9.90 Å². The zero-order valence-electron chi connectivity index (χ0n) is 14.3. The molecule has 23 heavy (non-hydrogen) atoms. The van der Waals surface area contributed by atoms with Crippen LogP contribution in [0.3, 0.4) is 0 Å². The Morgan fingerprint density at radius 2 is 1.91 bits per heavy atom. The summed E-state index contributed by atoms with van der Waals surface area (Å²) in [4.78, 5) is 12.8. The lowest BCUT2D eigenvalue weighted by atomic mass is 9.48. The van der Waals surface area contributed by atoms with Gasteiger partial charge in [0, 0.05) is 17.2 Å². The first kappa shape index (κ1) is 15.4. The molecule has 3 fully saturated rings. The van der Waals surface area contributed by atoms with Crippen LogP contribution in [-0.4, -0.2) is 17.0 Å². The average molecular weight is 315 g/mol. The zero-order chi connectivity index (χ0) is 16.4. The highest BCUT2D eigenvalue weighted by Gasteiger charge is 2.59. The Bertz CT molecular complexity index is 607. The predicted molar refractivity (Wildman–Crippen MR) is 90.4 cm³/mol. The summed E-state index contributed by atoms with van der Waals surface area (Å²) >= 11 is 0. The van der Waals surface area contributed by atoms with Gasteiger partial charge >= 0.3 is 0 Å². The number of Topliss-reactive ketones (excluding diaryl/α,β-unsaturated/α-hetero) is 1. The molecule has 0 spiro atoms. The molecular weight excluding hydrogens is 286 g/mol. The smallest absolute Gasteiger partial charge is 0.166 e. The van der Waals surface area contributed by atoms with Gasteiger partial charge in [-0.3, -0.25) is 4.79 Å². The molecule has 0 bridgehead atoms. The van der Waals surface area contributed by atoms with Crippen LogP contribution in [0.15, 0.2) is 23.4 Å². The summed E-state index contributed by atoms with van der Waals surface area (Å²) in [5.74, 6) is 2.02. The topological polar surface area (TPSA) is 63.3 Å². The Morgan fingerprint density at radius 3 is 2.65 bits per heavy atom. The van der Waals surface area contributed by atoms with Gasteiger partial charge in [0.15, 0.2) is 5.78 Å². The van der Waals surface area contributed by atoms with Gasteiger partial charge < -0.3 is 10.8 Å². The number of hydrogen-bond acceptors (Lipinski definition) is 3. The third-order valence-corrected chi connectivity index (χ3v) is 7.92. The molecule has 0 aromatic heterocycles. The highest BCUT2D eigenvalue weighted by atomic mass is 16.3. The molecule has 0 amide bonds. The van der Waals surface area contributed by atoms with Gasteiger partial charge in [-0.25, -0.2) is 0 Å². The van der Waals surface area contributed by atoms with Gasteiger partial charge in [0.1, 0.15) is 0 Å². The van der Waals surface area contributed by atoms with Crippen molar-refractivity contribution in [3.63, 3.8) is 0 Å². The molecule has 126 valence electrons. The normalized spacial score (nSPS) is 51.0. The van der Waals surface area contributed by atoms with Crippen LogP contribution in [0.4, 0.5) is 0 Å². The van der Waals surface area contributed by atoms with Gasteiger partial charge in [-0.1, -0.05) is 25.5 Å². The number of aliphatic hydroxyl groups is 1. The number of allylic oxidation sites excluding steroid dienone is 2. The van der Waals surface area contributed by atoms with Crippen molar-refractivity contribution in [3.05, 3.63) is 23.4 Å². The fourth-order valence-electron chi connectivity index (χ4n) is 6.46. The minimum absolute atomic E-state index is 0.153. The molecule has 4 rings (SSSR count). The minimum Gasteiger partial charge on any atom is -0.404 e. The second kappa shape index (κ2) is 4.95. The molecule has 0 aromatic rings. The Balaban J connectivity index is 1.71. The molecule has 3 nitrogen and oxygen atoms in total. The number of ketones is 1. The van der Waals surface area contributed by atoms with Gasteiger partial charge in [0.25, 0.3) is 0 Å². The largest absolute Gasteiger partial charge is 0.404 e. The van der Waals surface area contributed by atoms with Gasteiger partial charge in [0.2, 0.25) is 0 Å². The molecule has 0 radical (unpaired) electrons. The van der Waals surface area contributed by atoms with Crippen LogP contribution >= 0.6 is 0 Å². The van der Waals surface area contributed by atoms with Gasteiger partial charge in [-0.2, -0.15) is 0 Å². The lowest BCUT2D eigenvalue weighted by Gasteiger charge is -2.56. The fourth-order valence-corrected chi connectivity index (χ4v) is 6.46. The summed E-state index contributed by atoms with van der Waals surface area (Å²) in [6.07, 6.45) is 10.8. The fraction of sp³-hybridized carbons (Fsp3) is 0.750. The van der Waals surface area contributed by atoms with E-state index < -0.39 is 0 Å². The zero-order valence-corrected chi connectivity index (χ0v) is 14.3. The third-order valence-electron chi connectivity index (χ3n) is 7.92. The highest BCUT2D eigenvalue weighted by Crippen LogP contribution is 2.64. The SMILES string of the molecule is C[C@]12CC[C@H](O)CC1=CC[C@@H]1[C@@H]2CC[C@]2(C)C(=O)/C(=C\N)C[C@@H]12. The van der Waals surface area contributed by atoms with Crippen LogP contribution in [0.5, 0.6) is 0 Å². The van der Waals surface area contributed by atoms with Crippen LogP contribution in [0.25, 0.3) is 0 Å². The molecule has 0 aliphatic heterocycles. The van der Waals surface area contributed by atoms with Crippen molar-refractivity contribution in [2.24, 2.45) is 34.3 Å². The lowest BCUT2D eigenvalue weighted by molar-refractivity contribution is -0.130. The van der Waals surface area contributed by atoms with Crippen LogP contribution in [0.2, 0.25) is 0 Å². The summed E-state index contributed by atoms with van der Waals surface area (Å²) in [5.41, 5.74) is 8.12. The number of carbonyl (C=O) groups is 1. The van der Waals surface area contributed by atoms with Crippen molar-refractivity contribution in [2.75, 3.05) is 0 Å². The van der Waals surface area contributed by atoms with Gasteiger partial charge in [0.05, 0.1) is 6.10 Å². The standard InChI is InChI=1S/C20H29NO2/c1-19-7-5-14(22)10-13(19)3-4-15-16(19)6-8-20(2)17(15)9-12(11-21)18(20)23/h3,11,14-17,22H,4-10,21H2,1-2H3/b12-11-/t14-,15+,16-,17-,19-,20-/m0/s1. The van der Waals surface area contributed by atoms with Gasteiger partial charge in [-0.15, -0.1) is 0 Å². The minimum atomic E-state index is -0.192. The first-order chi connectivity index (χ1) is 10.9. The van der Waals surface area contributed by atoms with E-state index in [1.807, 2.05) is 0 Å². The molecule has 6 atom stereocenters. The van der Waals surface area contributed by atoms with Crippen molar-refractivity contribution in [1.82, 2.24) is 0 Å². The molecule has 0 unspecified atom stereocenters. The number of nitrogens with two attached hydrogens (primary N) is 1. The molecule has 4 aliphatic rings. The van der Waals surface area contributed by atoms with Crippen molar-refractivity contribution in [2.45, 2.75) is 64.9 Å². The van der Waals surface area contributed by atoms with Gasteiger partial charge in [-0.05, 0) is 68.1 Å². The van der Waals surface area contributed by atoms with Crippen LogP contribution in [-0.2, 0) is 4.79 Å². The third kappa shape index (κ3) is 1.95. The number of carbonyl (C=O) groups excluding carboxylic acids is 1. The Morgan fingerprint density at radius 1 is 1.17 bits per heavy atom.